The Balaban J connectivity index is 2.17. The molecular formula is C7H13FN2. The van der Waals surface area contributed by atoms with Crippen molar-refractivity contribution in [3.63, 3.8) is 0 Å². The van der Waals surface area contributed by atoms with Crippen LogP contribution in [-0.4, -0.2) is 36.2 Å². The van der Waals surface area contributed by atoms with Gasteiger partial charge < -0.3 is 10.6 Å². The highest BCUT2D eigenvalue weighted by atomic mass is 19.1. The lowest BCUT2D eigenvalue weighted by atomic mass is 9.80. The third-order valence-electron chi connectivity index (χ3n) is 2.83. The fourth-order valence-electron chi connectivity index (χ4n) is 1.87. The SMILES string of the molecule is NC12CCN(CC1)CC2F. The minimum atomic E-state index is -0.782. The zero-order chi connectivity index (χ0) is 7.19. The third-order valence-corrected chi connectivity index (χ3v) is 2.83. The molecule has 3 aliphatic rings. The van der Waals surface area contributed by atoms with Crippen molar-refractivity contribution in [2.24, 2.45) is 5.73 Å². The van der Waals surface area contributed by atoms with Gasteiger partial charge in [0.15, 0.2) is 0 Å². The fourth-order valence-corrected chi connectivity index (χ4v) is 1.87. The van der Waals surface area contributed by atoms with Crippen molar-refractivity contribution in [1.29, 1.82) is 0 Å². The second-order valence-electron chi connectivity index (χ2n) is 3.50. The molecule has 3 fully saturated rings. The lowest BCUT2D eigenvalue weighted by molar-refractivity contribution is 0.00571. The molecule has 2 N–H and O–H groups in total. The Morgan fingerprint density at radius 2 is 2.00 bits per heavy atom. The number of nitrogens with zero attached hydrogens (tertiary/aromatic N) is 1. The average Bonchev–Trinajstić information content (AvgIpc) is 1.92. The molecule has 0 aromatic carbocycles. The minimum absolute atomic E-state index is 0.464. The summed E-state index contributed by atoms with van der Waals surface area (Å²) >= 11 is 0. The molecule has 3 heteroatoms. The molecule has 0 radical (unpaired) electrons. The lowest BCUT2D eigenvalue weighted by Gasteiger charge is -2.48. The smallest absolute Gasteiger partial charge is 0.131 e. The Morgan fingerprint density at radius 1 is 1.40 bits per heavy atom. The molecule has 0 aromatic rings. The van der Waals surface area contributed by atoms with E-state index in [9.17, 15) is 4.39 Å². The van der Waals surface area contributed by atoms with Gasteiger partial charge in [-0.2, -0.15) is 0 Å². The van der Waals surface area contributed by atoms with Crippen molar-refractivity contribution >= 4 is 0 Å². The fraction of sp³-hybridized carbons (Fsp3) is 1.00. The van der Waals surface area contributed by atoms with Crippen molar-refractivity contribution in [3.8, 4) is 0 Å². The van der Waals surface area contributed by atoms with E-state index < -0.39 is 11.7 Å². The molecule has 0 spiro atoms. The molecule has 58 valence electrons. The largest absolute Gasteiger partial charge is 0.323 e. The van der Waals surface area contributed by atoms with Gasteiger partial charge in [0.25, 0.3) is 0 Å². The first kappa shape index (κ1) is 6.55. The van der Waals surface area contributed by atoms with E-state index in [4.69, 9.17) is 5.73 Å². The summed E-state index contributed by atoms with van der Waals surface area (Å²) in [5.41, 5.74) is 5.37. The van der Waals surface area contributed by atoms with Crippen LogP contribution in [0.4, 0.5) is 4.39 Å². The van der Waals surface area contributed by atoms with Crippen molar-refractivity contribution in [1.82, 2.24) is 4.90 Å². The molecule has 2 bridgehead atoms. The normalized spacial score (nSPS) is 53.4. The Labute approximate surface area is 60.2 Å². The van der Waals surface area contributed by atoms with E-state index in [1.54, 1.807) is 0 Å². The van der Waals surface area contributed by atoms with Gasteiger partial charge in [-0.05, 0) is 12.8 Å². The molecule has 0 saturated carbocycles. The molecule has 0 amide bonds. The Morgan fingerprint density at radius 3 is 2.30 bits per heavy atom. The number of fused-ring (bicyclic) bond motifs is 3. The predicted octanol–water partition coefficient (Wildman–Crippen LogP) is 0.131. The molecule has 2 nitrogen and oxygen atoms in total. The van der Waals surface area contributed by atoms with Crippen molar-refractivity contribution in [2.75, 3.05) is 19.6 Å². The molecule has 3 heterocycles. The number of piperidine rings is 3. The van der Waals surface area contributed by atoms with Crippen LogP contribution in [0.15, 0.2) is 0 Å². The van der Waals surface area contributed by atoms with Gasteiger partial charge in [0, 0.05) is 19.6 Å². The molecular weight excluding hydrogens is 131 g/mol. The topological polar surface area (TPSA) is 29.3 Å². The number of rotatable bonds is 0. The van der Waals surface area contributed by atoms with Crippen molar-refractivity contribution in [3.05, 3.63) is 0 Å². The zero-order valence-corrected chi connectivity index (χ0v) is 6.02. The summed E-state index contributed by atoms with van der Waals surface area (Å²) < 4.78 is 13.1. The van der Waals surface area contributed by atoms with Crippen LogP contribution >= 0.6 is 0 Å². The van der Waals surface area contributed by atoms with Crippen LogP contribution in [0.3, 0.4) is 0 Å². The van der Waals surface area contributed by atoms with Gasteiger partial charge in [0.2, 0.25) is 0 Å². The molecule has 10 heavy (non-hydrogen) atoms. The molecule has 3 aliphatic heterocycles. The van der Waals surface area contributed by atoms with Gasteiger partial charge in [-0.3, -0.25) is 0 Å². The number of nitrogens with two attached hydrogens (primary N) is 1. The summed E-state index contributed by atoms with van der Waals surface area (Å²) in [4.78, 5) is 2.15. The van der Waals surface area contributed by atoms with Crippen molar-refractivity contribution < 1.29 is 4.39 Å². The third kappa shape index (κ3) is 0.772. The quantitative estimate of drug-likeness (QED) is 0.523. The average molecular weight is 144 g/mol. The summed E-state index contributed by atoms with van der Waals surface area (Å²) in [6, 6.07) is 0. The predicted molar refractivity (Wildman–Crippen MR) is 37.5 cm³/mol. The molecule has 1 unspecified atom stereocenters. The highest BCUT2D eigenvalue weighted by molar-refractivity contribution is 5.02. The standard InChI is InChI=1S/C7H13FN2/c8-6-5-10-3-1-7(6,9)2-4-10/h6H,1-5,9H2. The van der Waals surface area contributed by atoms with E-state index >= 15 is 0 Å². The van der Waals surface area contributed by atoms with Crippen LogP contribution in [-0.2, 0) is 0 Å². The van der Waals surface area contributed by atoms with E-state index in [1.165, 1.54) is 0 Å². The van der Waals surface area contributed by atoms with Crippen LogP contribution in [0.5, 0.6) is 0 Å². The first-order chi connectivity index (χ1) is 4.71. The Hall–Kier alpha value is -0.150. The summed E-state index contributed by atoms with van der Waals surface area (Å²) in [7, 11) is 0. The minimum Gasteiger partial charge on any atom is -0.323 e. The highest BCUT2D eigenvalue weighted by Gasteiger charge is 2.44. The highest BCUT2D eigenvalue weighted by Crippen LogP contribution is 2.31. The van der Waals surface area contributed by atoms with Crippen LogP contribution < -0.4 is 5.73 Å². The second-order valence-corrected chi connectivity index (χ2v) is 3.50. The van der Waals surface area contributed by atoms with Crippen LogP contribution in [0.1, 0.15) is 12.8 Å². The van der Waals surface area contributed by atoms with Gasteiger partial charge in [-0.1, -0.05) is 0 Å². The van der Waals surface area contributed by atoms with Gasteiger partial charge >= 0.3 is 0 Å². The van der Waals surface area contributed by atoms with Crippen LogP contribution in [0, 0.1) is 0 Å². The maximum Gasteiger partial charge on any atom is 0.131 e. The Bertz CT molecular complexity index is 141. The monoisotopic (exact) mass is 144 g/mol. The number of hydrogen-bond donors (Lipinski definition) is 1. The summed E-state index contributed by atoms with van der Waals surface area (Å²) in [5.74, 6) is 0. The van der Waals surface area contributed by atoms with Crippen LogP contribution in [0.2, 0.25) is 0 Å². The second kappa shape index (κ2) is 1.92. The number of halogens is 1. The molecule has 0 aliphatic carbocycles. The number of hydrogen-bond acceptors (Lipinski definition) is 2. The van der Waals surface area contributed by atoms with E-state index in [-0.39, 0.29) is 0 Å². The van der Waals surface area contributed by atoms with Gasteiger partial charge in [0.05, 0.1) is 5.54 Å². The molecule has 0 aromatic heterocycles. The Kier molecular flexibility index (Phi) is 1.26. The summed E-state index contributed by atoms with van der Waals surface area (Å²) in [6.45, 7) is 2.56. The summed E-state index contributed by atoms with van der Waals surface area (Å²) in [6.07, 6.45) is 0.900. The van der Waals surface area contributed by atoms with Gasteiger partial charge in [-0.25, -0.2) is 4.39 Å². The van der Waals surface area contributed by atoms with Crippen molar-refractivity contribution in [2.45, 2.75) is 24.6 Å². The molecule has 3 saturated heterocycles. The molecule has 1 atom stereocenters. The number of alkyl halides is 1. The lowest BCUT2D eigenvalue weighted by Crippen LogP contribution is -2.64. The maximum absolute atomic E-state index is 13.1. The first-order valence-electron chi connectivity index (χ1n) is 3.86. The van der Waals surface area contributed by atoms with E-state index in [0.29, 0.717) is 6.54 Å². The van der Waals surface area contributed by atoms with E-state index in [0.717, 1.165) is 25.9 Å². The first-order valence-corrected chi connectivity index (χ1v) is 3.86. The van der Waals surface area contributed by atoms with E-state index in [1.807, 2.05) is 0 Å². The summed E-state index contributed by atoms with van der Waals surface area (Å²) in [5, 5.41) is 0. The molecule has 3 rings (SSSR count). The zero-order valence-electron chi connectivity index (χ0n) is 6.02. The van der Waals surface area contributed by atoms with Crippen LogP contribution in [0.25, 0.3) is 0 Å². The van der Waals surface area contributed by atoms with Gasteiger partial charge in [-0.15, -0.1) is 0 Å². The van der Waals surface area contributed by atoms with E-state index in [2.05, 4.69) is 4.90 Å². The van der Waals surface area contributed by atoms with Gasteiger partial charge in [0.1, 0.15) is 6.17 Å². The maximum atomic E-state index is 13.1.